The summed E-state index contributed by atoms with van der Waals surface area (Å²) < 4.78 is 5.47. The largest absolute Gasteiger partial charge is 0.381 e. The fourth-order valence-electron chi connectivity index (χ4n) is 2.34. The van der Waals surface area contributed by atoms with Crippen molar-refractivity contribution in [2.75, 3.05) is 39.2 Å². The fraction of sp³-hybridized carbons (Fsp3) is 0.692. The zero-order chi connectivity index (χ0) is 13.0. The summed E-state index contributed by atoms with van der Waals surface area (Å²) in [7, 11) is 4.27. The molecule has 0 saturated carbocycles. The van der Waals surface area contributed by atoms with Crippen molar-refractivity contribution >= 4 is 5.82 Å². The van der Waals surface area contributed by atoms with Crippen molar-refractivity contribution in [3.8, 4) is 0 Å². The first-order valence-corrected chi connectivity index (χ1v) is 6.40. The van der Waals surface area contributed by atoms with Crippen LogP contribution in [0.4, 0.5) is 5.82 Å². The second-order valence-corrected chi connectivity index (χ2v) is 5.13. The molecule has 1 fully saturated rings. The van der Waals surface area contributed by atoms with E-state index in [-0.39, 0.29) is 5.54 Å². The van der Waals surface area contributed by atoms with Gasteiger partial charge in [-0.3, -0.25) is 0 Å². The van der Waals surface area contributed by atoms with Crippen LogP contribution >= 0.6 is 0 Å². The van der Waals surface area contributed by atoms with Gasteiger partial charge < -0.3 is 15.0 Å². The summed E-state index contributed by atoms with van der Waals surface area (Å²) in [6.07, 6.45) is 3.71. The number of hydrogen-bond acceptors (Lipinski definition) is 5. The minimum atomic E-state index is 0.164. The number of nitrogens with one attached hydrogen (secondary N) is 1. The molecule has 1 aromatic rings. The average Bonchev–Trinajstić information content (AvgIpc) is 2.37. The highest BCUT2D eigenvalue weighted by Crippen LogP contribution is 2.26. The second-order valence-electron chi connectivity index (χ2n) is 5.13. The van der Waals surface area contributed by atoms with Crippen LogP contribution in [0.25, 0.3) is 0 Å². The molecule has 0 aliphatic carbocycles. The highest BCUT2D eigenvalue weighted by molar-refractivity contribution is 5.35. The number of hydrogen-bond donors (Lipinski definition) is 1. The first kappa shape index (κ1) is 13.2. The lowest BCUT2D eigenvalue weighted by molar-refractivity contribution is -0.000666. The molecule has 0 radical (unpaired) electrons. The maximum absolute atomic E-state index is 5.47. The van der Waals surface area contributed by atoms with E-state index in [2.05, 4.69) is 34.3 Å². The van der Waals surface area contributed by atoms with Gasteiger partial charge in [0.05, 0.1) is 0 Å². The second kappa shape index (κ2) is 5.63. The van der Waals surface area contributed by atoms with E-state index in [1.165, 1.54) is 0 Å². The number of ether oxygens (including phenoxy) is 1. The molecule has 0 amide bonds. The van der Waals surface area contributed by atoms with E-state index in [4.69, 9.17) is 4.74 Å². The van der Waals surface area contributed by atoms with Gasteiger partial charge in [-0.1, -0.05) is 0 Å². The highest BCUT2D eigenvalue weighted by atomic mass is 16.5. The molecule has 2 rings (SSSR count). The SMILES string of the molecule is Cc1cc(NCC2(N(C)C)CCOCC2)ncn1. The average molecular weight is 250 g/mol. The summed E-state index contributed by atoms with van der Waals surface area (Å²) in [5.74, 6) is 0.898. The van der Waals surface area contributed by atoms with Crippen molar-refractivity contribution in [1.29, 1.82) is 0 Å². The van der Waals surface area contributed by atoms with Gasteiger partial charge in [0, 0.05) is 37.1 Å². The van der Waals surface area contributed by atoms with Gasteiger partial charge >= 0.3 is 0 Å². The molecule has 100 valence electrons. The number of anilines is 1. The molecule has 1 saturated heterocycles. The Hall–Kier alpha value is -1.20. The van der Waals surface area contributed by atoms with E-state index in [1.54, 1.807) is 6.33 Å². The first-order chi connectivity index (χ1) is 8.62. The highest BCUT2D eigenvalue weighted by Gasteiger charge is 2.34. The molecule has 1 aromatic heterocycles. The van der Waals surface area contributed by atoms with Gasteiger partial charge in [0.15, 0.2) is 0 Å². The van der Waals surface area contributed by atoms with Gasteiger partial charge in [0.25, 0.3) is 0 Å². The lowest BCUT2D eigenvalue weighted by Crippen LogP contribution is -2.53. The number of aryl methyl sites for hydroxylation is 1. The maximum atomic E-state index is 5.47. The standard InChI is InChI=1S/C13H22N4O/c1-11-8-12(16-10-15-11)14-9-13(17(2)3)4-6-18-7-5-13/h8,10H,4-7,9H2,1-3H3,(H,14,15,16). The first-order valence-electron chi connectivity index (χ1n) is 6.40. The third-order valence-corrected chi connectivity index (χ3v) is 3.77. The van der Waals surface area contributed by atoms with Gasteiger partial charge in [0.2, 0.25) is 0 Å². The smallest absolute Gasteiger partial charge is 0.129 e. The van der Waals surface area contributed by atoms with Crippen molar-refractivity contribution < 1.29 is 4.74 Å². The molecule has 1 N–H and O–H groups in total. The predicted molar refractivity (Wildman–Crippen MR) is 71.7 cm³/mol. The van der Waals surface area contributed by atoms with E-state index in [9.17, 15) is 0 Å². The summed E-state index contributed by atoms with van der Waals surface area (Å²) >= 11 is 0. The van der Waals surface area contributed by atoms with Crippen molar-refractivity contribution in [3.05, 3.63) is 18.1 Å². The van der Waals surface area contributed by atoms with E-state index in [1.807, 2.05) is 13.0 Å². The summed E-state index contributed by atoms with van der Waals surface area (Å²) in [6, 6.07) is 1.97. The van der Waals surface area contributed by atoms with Crippen LogP contribution in [0.3, 0.4) is 0 Å². The zero-order valence-corrected chi connectivity index (χ0v) is 11.4. The summed E-state index contributed by atoms with van der Waals surface area (Å²) in [5.41, 5.74) is 1.15. The van der Waals surface area contributed by atoms with E-state index in [0.29, 0.717) is 0 Å². The quantitative estimate of drug-likeness (QED) is 0.873. The van der Waals surface area contributed by atoms with E-state index in [0.717, 1.165) is 44.1 Å². The van der Waals surface area contributed by atoms with Crippen LogP contribution < -0.4 is 5.32 Å². The molecular formula is C13H22N4O. The van der Waals surface area contributed by atoms with Crippen LogP contribution in [0, 0.1) is 6.92 Å². The molecule has 0 atom stereocenters. The summed E-state index contributed by atoms with van der Waals surface area (Å²) in [5, 5.41) is 3.43. The topological polar surface area (TPSA) is 50.3 Å². The molecule has 0 unspecified atom stereocenters. The van der Waals surface area contributed by atoms with Crippen LogP contribution in [0.2, 0.25) is 0 Å². The van der Waals surface area contributed by atoms with Gasteiger partial charge in [-0.2, -0.15) is 0 Å². The minimum Gasteiger partial charge on any atom is -0.381 e. The zero-order valence-electron chi connectivity index (χ0n) is 11.4. The molecule has 1 aliphatic heterocycles. The number of rotatable bonds is 4. The van der Waals surface area contributed by atoms with Crippen LogP contribution in [-0.2, 0) is 4.74 Å². The molecule has 1 aliphatic rings. The summed E-state index contributed by atoms with van der Waals surface area (Å²) in [6.45, 7) is 4.54. The van der Waals surface area contributed by atoms with Gasteiger partial charge in [0.1, 0.15) is 12.1 Å². The van der Waals surface area contributed by atoms with Gasteiger partial charge in [-0.05, 0) is 33.9 Å². The van der Waals surface area contributed by atoms with Crippen molar-refractivity contribution in [2.24, 2.45) is 0 Å². The third-order valence-electron chi connectivity index (χ3n) is 3.77. The van der Waals surface area contributed by atoms with Gasteiger partial charge in [-0.25, -0.2) is 9.97 Å². The molecule has 5 heteroatoms. The Kier molecular flexibility index (Phi) is 4.14. The summed E-state index contributed by atoms with van der Waals surface area (Å²) in [4.78, 5) is 10.7. The molecule has 0 bridgehead atoms. The maximum Gasteiger partial charge on any atom is 0.129 e. The molecule has 0 aromatic carbocycles. The van der Waals surface area contributed by atoms with E-state index >= 15 is 0 Å². The minimum absolute atomic E-state index is 0.164. The van der Waals surface area contributed by atoms with Crippen LogP contribution in [-0.4, -0.2) is 54.3 Å². The lowest BCUT2D eigenvalue weighted by atomic mass is 9.88. The van der Waals surface area contributed by atoms with Gasteiger partial charge in [-0.15, -0.1) is 0 Å². The monoisotopic (exact) mass is 250 g/mol. The molecule has 2 heterocycles. The Bertz CT molecular complexity index is 388. The van der Waals surface area contributed by atoms with Crippen molar-refractivity contribution in [1.82, 2.24) is 14.9 Å². The Morgan fingerprint density at radius 2 is 2.06 bits per heavy atom. The van der Waals surface area contributed by atoms with Crippen molar-refractivity contribution in [3.63, 3.8) is 0 Å². The van der Waals surface area contributed by atoms with Crippen molar-refractivity contribution in [2.45, 2.75) is 25.3 Å². The molecule has 18 heavy (non-hydrogen) atoms. The molecular weight excluding hydrogens is 228 g/mol. The number of likely N-dealkylation sites (N-methyl/N-ethyl adjacent to an activating group) is 1. The molecule has 0 spiro atoms. The Balaban J connectivity index is 2.01. The number of aromatic nitrogens is 2. The molecule has 5 nitrogen and oxygen atoms in total. The fourth-order valence-corrected chi connectivity index (χ4v) is 2.34. The predicted octanol–water partition coefficient (Wildman–Crippen LogP) is 1.31. The Morgan fingerprint density at radius 1 is 1.33 bits per heavy atom. The van der Waals surface area contributed by atoms with Crippen LogP contribution in [0.1, 0.15) is 18.5 Å². The van der Waals surface area contributed by atoms with Crippen LogP contribution in [0.5, 0.6) is 0 Å². The normalized spacial score (nSPS) is 18.9. The van der Waals surface area contributed by atoms with Crippen LogP contribution in [0.15, 0.2) is 12.4 Å². The lowest BCUT2D eigenvalue weighted by Gasteiger charge is -2.43. The Labute approximate surface area is 109 Å². The number of nitrogens with zero attached hydrogens (tertiary/aromatic N) is 3. The Morgan fingerprint density at radius 3 is 2.67 bits per heavy atom. The van der Waals surface area contributed by atoms with E-state index < -0.39 is 0 Å². The third kappa shape index (κ3) is 2.97.